The minimum absolute atomic E-state index is 0.247. The van der Waals surface area contributed by atoms with E-state index in [0.29, 0.717) is 10.9 Å². The smallest absolute Gasteiger partial charge is 0.293 e. The third kappa shape index (κ3) is 2.13. The number of rotatable bonds is 3. The molecule has 0 aliphatic carbocycles. The van der Waals surface area contributed by atoms with Gasteiger partial charge in [0.05, 0.1) is 0 Å². The molecule has 2 aromatic heterocycles. The highest BCUT2D eigenvalue weighted by atomic mass is 32.1. The van der Waals surface area contributed by atoms with Crippen molar-refractivity contribution in [2.24, 2.45) is 0 Å². The number of nitrogens with zero attached hydrogens (tertiary/aromatic N) is 1. The highest BCUT2D eigenvalue weighted by Gasteiger charge is 2.19. The second-order valence-electron chi connectivity index (χ2n) is 4.05. The summed E-state index contributed by atoms with van der Waals surface area (Å²) in [6, 6.07) is 7.68. The predicted octanol–water partition coefficient (Wildman–Crippen LogP) is 3.70. The molecule has 5 heteroatoms. The molecule has 3 rings (SSSR count). The molecule has 4 nitrogen and oxygen atoms in total. The van der Waals surface area contributed by atoms with Crippen molar-refractivity contribution in [2.75, 3.05) is 5.32 Å². The number of para-hydroxylation sites is 1. The van der Waals surface area contributed by atoms with Crippen LogP contribution in [0.5, 0.6) is 0 Å². The molecular formula is C14H12N2O2S. The van der Waals surface area contributed by atoms with Crippen LogP contribution in [-0.2, 0) is 6.42 Å². The fourth-order valence-corrected chi connectivity index (χ4v) is 2.60. The Morgan fingerprint density at radius 1 is 1.42 bits per heavy atom. The zero-order valence-corrected chi connectivity index (χ0v) is 11.2. The van der Waals surface area contributed by atoms with E-state index in [1.807, 2.05) is 36.6 Å². The lowest BCUT2D eigenvalue weighted by Gasteiger charge is -2.00. The van der Waals surface area contributed by atoms with E-state index in [0.717, 1.165) is 23.0 Å². The number of anilines is 1. The summed E-state index contributed by atoms with van der Waals surface area (Å²) >= 11 is 1.38. The maximum Gasteiger partial charge on any atom is 0.293 e. The molecule has 0 atom stereocenters. The van der Waals surface area contributed by atoms with Crippen LogP contribution in [0, 0.1) is 0 Å². The summed E-state index contributed by atoms with van der Waals surface area (Å²) in [6.45, 7) is 2.01. The number of benzene rings is 1. The first-order valence-electron chi connectivity index (χ1n) is 6.01. The van der Waals surface area contributed by atoms with E-state index >= 15 is 0 Å². The van der Waals surface area contributed by atoms with Crippen LogP contribution >= 0.6 is 11.3 Å². The van der Waals surface area contributed by atoms with E-state index in [1.165, 1.54) is 11.3 Å². The van der Waals surface area contributed by atoms with Crippen molar-refractivity contribution in [1.29, 1.82) is 0 Å². The van der Waals surface area contributed by atoms with Crippen molar-refractivity contribution in [3.05, 3.63) is 47.2 Å². The van der Waals surface area contributed by atoms with Gasteiger partial charge in [0.2, 0.25) is 0 Å². The average Bonchev–Trinajstić information content (AvgIpc) is 3.04. The molecule has 0 saturated heterocycles. The summed E-state index contributed by atoms with van der Waals surface area (Å²) in [5, 5.41) is 6.13. The van der Waals surface area contributed by atoms with Gasteiger partial charge in [-0.25, -0.2) is 4.98 Å². The number of furan rings is 1. The molecule has 1 N–H and O–H groups in total. The number of thiazole rings is 1. The summed E-state index contributed by atoms with van der Waals surface area (Å²) < 4.78 is 5.67. The van der Waals surface area contributed by atoms with Crippen molar-refractivity contribution in [3.63, 3.8) is 0 Å². The van der Waals surface area contributed by atoms with Gasteiger partial charge in [-0.05, 0) is 12.5 Å². The molecule has 0 saturated carbocycles. The van der Waals surface area contributed by atoms with Gasteiger partial charge in [-0.3, -0.25) is 10.1 Å². The number of hydrogen-bond acceptors (Lipinski definition) is 4. The van der Waals surface area contributed by atoms with E-state index in [4.69, 9.17) is 4.42 Å². The van der Waals surface area contributed by atoms with Crippen LogP contribution in [0.25, 0.3) is 11.0 Å². The number of hydrogen-bond donors (Lipinski definition) is 1. The van der Waals surface area contributed by atoms with E-state index in [1.54, 1.807) is 6.20 Å². The van der Waals surface area contributed by atoms with Gasteiger partial charge in [0, 0.05) is 22.5 Å². The number of aromatic nitrogens is 1. The molecule has 0 radical (unpaired) electrons. The molecule has 1 aromatic carbocycles. The minimum atomic E-state index is -0.247. The lowest BCUT2D eigenvalue weighted by Crippen LogP contribution is -2.12. The zero-order valence-electron chi connectivity index (χ0n) is 10.3. The predicted molar refractivity (Wildman–Crippen MR) is 75.7 cm³/mol. The average molecular weight is 272 g/mol. The maximum atomic E-state index is 12.2. The number of nitrogens with one attached hydrogen (secondary N) is 1. The molecule has 1 amide bonds. The summed E-state index contributed by atoms with van der Waals surface area (Å²) in [4.78, 5) is 16.3. The topological polar surface area (TPSA) is 55.1 Å². The van der Waals surface area contributed by atoms with Crippen LogP contribution in [0.3, 0.4) is 0 Å². The van der Waals surface area contributed by atoms with Gasteiger partial charge in [0.15, 0.2) is 10.9 Å². The Balaban J connectivity index is 2.02. The van der Waals surface area contributed by atoms with E-state index in [2.05, 4.69) is 10.3 Å². The first kappa shape index (κ1) is 11.9. The Bertz CT molecular complexity index is 716. The van der Waals surface area contributed by atoms with E-state index in [-0.39, 0.29) is 5.91 Å². The fraction of sp³-hybridized carbons (Fsp3) is 0.143. The van der Waals surface area contributed by atoms with Gasteiger partial charge in [-0.15, -0.1) is 11.3 Å². The lowest BCUT2D eigenvalue weighted by molar-refractivity contribution is 0.0997. The van der Waals surface area contributed by atoms with Crippen LogP contribution in [0.1, 0.15) is 23.0 Å². The standard InChI is InChI=1S/C14H12N2O2S/c1-2-9-10-5-3-4-6-11(10)18-12(9)13(17)16-14-15-7-8-19-14/h3-8H,2H2,1H3,(H,15,16,17). The molecule has 0 spiro atoms. The third-order valence-electron chi connectivity index (χ3n) is 2.91. The van der Waals surface area contributed by atoms with Gasteiger partial charge >= 0.3 is 0 Å². The van der Waals surface area contributed by atoms with Gasteiger partial charge in [0.25, 0.3) is 5.91 Å². The van der Waals surface area contributed by atoms with Crippen molar-refractivity contribution in [1.82, 2.24) is 4.98 Å². The molecule has 19 heavy (non-hydrogen) atoms. The SMILES string of the molecule is CCc1c(C(=O)Nc2nccs2)oc2ccccc12. The fourth-order valence-electron chi connectivity index (χ4n) is 2.07. The zero-order chi connectivity index (χ0) is 13.2. The number of carbonyl (C=O) groups excluding carboxylic acids is 1. The second-order valence-corrected chi connectivity index (χ2v) is 4.95. The summed E-state index contributed by atoms with van der Waals surface area (Å²) in [5.74, 6) is 0.127. The number of aryl methyl sites for hydroxylation is 1. The number of carbonyl (C=O) groups is 1. The van der Waals surface area contributed by atoms with Crippen LogP contribution in [0.2, 0.25) is 0 Å². The quantitative estimate of drug-likeness (QED) is 0.790. The molecule has 0 aliphatic rings. The Morgan fingerprint density at radius 2 is 2.26 bits per heavy atom. The third-order valence-corrected chi connectivity index (χ3v) is 3.60. The molecule has 2 heterocycles. The van der Waals surface area contributed by atoms with Gasteiger partial charge in [0.1, 0.15) is 5.58 Å². The Kier molecular flexibility index (Phi) is 3.05. The minimum Gasteiger partial charge on any atom is -0.451 e. The normalized spacial score (nSPS) is 10.8. The lowest BCUT2D eigenvalue weighted by atomic mass is 10.1. The van der Waals surface area contributed by atoms with Crippen LogP contribution in [0.4, 0.5) is 5.13 Å². The monoisotopic (exact) mass is 272 g/mol. The second kappa shape index (κ2) is 4.85. The Labute approximate surface area is 114 Å². The molecular weight excluding hydrogens is 260 g/mol. The van der Waals surface area contributed by atoms with E-state index in [9.17, 15) is 4.79 Å². The number of fused-ring (bicyclic) bond motifs is 1. The molecule has 0 unspecified atom stereocenters. The van der Waals surface area contributed by atoms with Crippen molar-refractivity contribution in [3.8, 4) is 0 Å². The van der Waals surface area contributed by atoms with Crippen LogP contribution < -0.4 is 5.32 Å². The van der Waals surface area contributed by atoms with Crippen LogP contribution in [-0.4, -0.2) is 10.9 Å². The molecule has 96 valence electrons. The summed E-state index contributed by atoms with van der Waals surface area (Å²) in [5.41, 5.74) is 1.67. The number of amides is 1. The van der Waals surface area contributed by atoms with E-state index < -0.39 is 0 Å². The molecule has 0 bridgehead atoms. The summed E-state index contributed by atoms with van der Waals surface area (Å²) in [7, 11) is 0. The van der Waals surface area contributed by atoms with Crippen molar-refractivity contribution >= 4 is 33.3 Å². The molecule has 0 aliphatic heterocycles. The van der Waals surface area contributed by atoms with Gasteiger partial charge in [-0.1, -0.05) is 25.1 Å². The van der Waals surface area contributed by atoms with Gasteiger partial charge in [-0.2, -0.15) is 0 Å². The van der Waals surface area contributed by atoms with Crippen molar-refractivity contribution < 1.29 is 9.21 Å². The summed E-state index contributed by atoms with van der Waals surface area (Å²) in [6.07, 6.45) is 2.40. The van der Waals surface area contributed by atoms with Crippen LogP contribution in [0.15, 0.2) is 40.3 Å². The molecule has 0 fully saturated rings. The first-order valence-corrected chi connectivity index (χ1v) is 6.89. The molecule has 3 aromatic rings. The first-order chi connectivity index (χ1) is 9.29. The maximum absolute atomic E-state index is 12.2. The Morgan fingerprint density at radius 3 is 3.00 bits per heavy atom. The largest absolute Gasteiger partial charge is 0.451 e. The highest BCUT2D eigenvalue weighted by molar-refractivity contribution is 7.13. The highest BCUT2D eigenvalue weighted by Crippen LogP contribution is 2.27. The Hall–Kier alpha value is -2.14. The van der Waals surface area contributed by atoms with Gasteiger partial charge < -0.3 is 4.42 Å². The van der Waals surface area contributed by atoms with Crippen molar-refractivity contribution in [2.45, 2.75) is 13.3 Å².